The van der Waals surface area contributed by atoms with Gasteiger partial charge in [0.1, 0.15) is 19.6 Å². The van der Waals surface area contributed by atoms with Crippen LogP contribution in [0.25, 0.3) is 0 Å². The highest BCUT2D eigenvalue weighted by Gasteiger charge is 2.57. The highest BCUT2D eigenvalue weighted by Crippen LogP contribution is 2.53. The van der Waals surface area contributed by atoms with Gasteiger partial charge in [-0.05, 0) is 24.6 Å². The number of hydrogen-bond acceptors (Lipinski definition) is 5. The molecular weight excluding hydrogens is 318 g/mol. The smallest absolute Gasteiger partial charge is 0.200 e. The molecule has 2 rings (SSSR count). The zero-order chi connectivity index (χ0) is 17.0. The van der Waals surface area contributed by atoms with Crippen molar-refractivity contribution in [1.29, 1.82) is 0 Å². The highest BCUT2D eigenvalue weighted by molar-refractivity contribution is 7.58. The van der Waals surface area contributed by atoms with Crippen LogP contribution in [0.1, 0.15) is 27.2 Å². The van der Waals surface area contributed by atoms with Crippen LogP contribution in [0.3, 0.4) is 0 Å². The first-order valence-corrected chi connectivity index (χ1v) is 13.0. The van der Waals surface area contributed by atoms with Gasteiger partial charge < -0.3 is 18.8 Å². The first-order valence-electron chi connectivity index (χ1n) is 7.80. The zero-order valence-corrected chi connectivity index (χ0v) is 16.4. The van der Waals surface area contributed by atoms with Gasteiger partial charge in [-0.2, -0.15) is 0 Å². The number of aliphatic hydroxyl groups is 1. The van der Waals surface area contributed by atoms with Crippen LogP contribution in [0.5, 0.6) is 0 Å². The molecule has 1 N–H and O–H groups in total. The molecule has 0 bridgehead atoms. The molecule has 1 spiro atoms. The van der Waals surface area contributed by atoms with E-state index in [4.69, 9.17) is 21.5 Å². The van der Waals surface area contributed by atoms with Gasteiger partial charge in [0.2, 0.25) is 0 Å². The lowest BCUT2D eigenvalue weighted by Gasteiger charge is -2.41. The molecule has 2 aliphatic rings. The van der Waals surface area contributed by atoms with Crippen LogP contribution in [0.15, 0.2) is 0 Å². The minimum absolute atomic E-state index is 0.0182. The van der Waals surface area contributed by atoms with Crippen LogP contribution in [0.2, 0.25) is 18.1 Å². The number of ether oxygens (including phenoxy) is 1. The van der Waals surface area contributed by atoms with Gasteiger partial charge in [-0.25, -0.2) is 0 Å². The molecule has 0 saturated carbocycles. The zero-order valence-electron chi connectivity index (χ0n) is 14.5. The Morgan fingerprint density at radius 3 is 2.45 bits per heavy atom. The lowest BCUT2D eigenvalue weighted by atomic mass is 9.88. The summed E-state index contributed by atoms with van der Waals surface area (Å²) < 4.78 is 29.6. The van der Waals surface area contributed by atoms with Crippen LogP contribution in [0.4, 0.5) is 0 Å². The van der Waals surface area contributed by atoms with Crippen molar-refractivity contribution in [3.63, 3.8) is 0 Å². The molecule has 0 aliphatic carbocycles. The lowest BCUT2D eigenvalue weighted by molar-refractivity contribution is -0.101. The maximum absolute atomic E-state index is 12.0. The summed E-state index contributed by atoms with van der Waals surface area (Å²) in [6.45, 7) is 12.4. The predicted molar refractivity (Wildman–Crippen MR) is 90.4 cm³/mol. The van der Waals surface area contributed by atoms with Gasteiger partial charge in [0, 0.05) is 18.8 Å². The normalized spacial score (nSPS) is 43.7. The summed E-state index contributed by atoms with van der Waals surface area (Å²) in [7, 11) is 1.44. The van der Waals surface area contributed by atoms with Crippen molar-refractivity contribution >= 4 is 23.5 Å². The topological polar surface area (TPSA) is 65.0 Å². The van der Waals surface area contributed by atoms with E-state index in [2.05, 4.69) is 33.9 Å². The van der Waals surface area contributed by atoms with E-state index < -0.39 is 39.5 Å². The minimum Gasteiger partial charge on any atom is -0.409 e. The van der Waals surface area contributed by atoms with Crippen molar-refractivity contribution in [3.05, 3.63) is 0 Å². The molecule has 126 valence electrons. The second kappa shape index (κ2) is 5.71. The second-order valence-corrected chi connectivity index (χ2v) is 15.7. The molecule has 2 saturated heterocycles. The SMILES string of the molecule is [B][C@@H]1O[C@]2(CCP(C)(=O)OC2)[C@H](O)C1O[Si](C)(C)C(C)(C)C. The molecule has 0 amide bonds. The Hall–Kier alpha value is 0.352. The van der Waals surface area contributed by atoms with Crippen molar-refractivity contribution in [3.8, 4) is 0 Å². The van der Waals surface area contributed by atoms with Crippen LogP contribution in [-0.2, 0) is 18.3 Å². The average Bonchev–Trinajstić information content (AvgIpc) is 2.57. The summed E-state index contributed by atoms with van der Waals surface area (Å²) in [5.41, 5.74) is -0.892. The van der Waals surface area contributed by atoms with Gasteiger partial charge >= 0.3 is 0 Å². The average molecular weight is 346 g/mol. The van der Waals surface area contributed by atoms with Crippen molar-refractivity contribution in [2.45, 2.75) is 69.1 Å². The fourth-order valence-corrected chi connectivity index (χ4v) is 5.34. The van der Waals surface area contributed by atoms with E-state index in [-0.39, 0.29) is 11.6 Å². The molecule has 2 aliphatic heterocycles. The summed E-state index contributed by atoms with van der Waals surface area (Å²) >= 11 is 0. The fourth-order valence-electron chi connectivity index (χ4n) is 2.64. The van der Waals surface area contributed by atoms with Crippen molar-refractivity contribution in [2.75, 3.05) is 19.4 Å². The van der Waals surface area contributed by atoms with Gasteiger partial charge in [-0.3, -0.25) is 4.57 Å². The maximum atomic E-state index is 12.0. The minimum atomic E-state index is -2.56. The molecule has 5 nitrogen and oxygen atoms in total. The van der Waals surface area contributed by atoms with Crippen molar-refractivity contribution < 1.29 is 23.4 Å². The largest absolute Gasteiger partial charge is 0.409 e. The van der Waals surface area contributed by atoms with Crippen LogP contribution in [0, 0.1) is 0 Å². The summed E-state index contributed by atoms with van der Waals surface area (Å²) in [4.78, 5) is 0. The van der Waals surface area contributed by atoms with Crippen LogP contribution < -0.4 is 0 Å². The molecule has 22 heavy (non-hydrogen) atoms. The van der Waals surface area contributed by atoms with E-state index >= 15 is 0 Å². The predicted octanol–water partition coefficient (Wildman–Crippen LogP) is 2.33. The summed E-state index contributed by atoms with van der Waals surface area (Å²) in [6.07, 6.45) is -0.563. The molecule has 2 unspecified atom stereocenters. The standard InChI is InChI=1S/C14H28BO5PSi/c1-13(2,3)22(5,6)20-10-11(16)14(19-12(10)15)7-8-21(4,17)18-9-14/h10-12,16H,7-9H2,1-6H3/t10?,11-,12-,14+,21?/m1/s1. The molecule has 2 radical (unpaired) electrons. The maximum Gasteiger partial charge on any atom is 0.200 e. The Morgan fingerprint density at radius 1 is 1.41 bits per heavy atom. The van der Waals surface area contributed by atoms with Gasteiger partial charge in [-0.15, -0.1) is 0 Å². The number of hydrogen-bond donors (Lipinski definition) is 1. The molecule has 0 aromatic heterocycles. The fraction of sp³-hybridized carbons (Fsp3) is 1.00. The lowest BCUT2D eigenvalue weighted by Crippen LogP contribution is -2.53. The first-order chi connectivity index (χ1) is 9.80. The van der Waals surface area contributed by atoms with Gasteiger partial charge in [0.15, 0.2) is 15.7 Å². The first kappa shape index (κ1) is 18.7. The van der Waals surface area contributed by atoms with Gasteiger partial charge in [0.05, 0.1) is 12.7 Å². The molecule has 2 heterocycles. The molecular formula is C14H28BO5PSi. The van der Waals surface area contributed by atoms with E-state index in [1.165, 1.54) is 0 Å². The van der Waals surface area contributed by atoms with E-state index in [0.29, 0.717) is 12.6 Å². The Balaban J connectivity index is 2.15. The Bertz CT molecular complexity index is 466. The number of aliphatic hydroxyl groups excluding tert-OH is 1. The molecule has 0 aromatic rings. The van der Waals surface area contributed by atoms with Crippen molar-refractivity contribution in [2.24, 2.45) is 0 Å². The highest BCUT2D eigenvalue weighted by atomic mass is 31.2. The third-order valence-electron chi connectivity index (χ3n) is 5.30. The molecule has 8 heteroatoms. The molecule has 2 fully saturated rings. The third-order valence-corrected chi connectivity index (χ3v) is 11.5. The summed E-state index contributed by atoms with van der Waals surface area (Å²) in [5.74, 6) is 0. The Kier molecular flexibility index (Phi) is 4.85. The summed E-state index contributed by atoms with van der Waals surface area (Å²) in [6, 6.07) is -0.693. The van der Waals surface area contributed by atoms with Crippen molar-refractivity contribution in [1.82, 2.24) is 0 Å². The van der Waals surface area contributed by atoms with Gasteiger partial charge in [0.25, 0.3) is 0 Å². The van der Waals surface area contributed by atoms with Crippen LogP contribution >= 0.6 is 7.37 Å². The quantitative estimate of drug-likeness (QED) is 0.614. The second-order valence-electron chi connectivity index (χ2n) is 8.20. The summed E-state index contributed by atoms with van der Waals surface area (Å²) in [5, 5.41) is 10.8. The monoisotopic (exact) mass is 346 g/mol. The van der Waals surface area contributed by atoms with E-state index in [1.807, 2.05) is 0 Å². The van der Waals surface area contributed by atoms with Gasteiger partial charge in [-0.1, -0.05) is 20.8 Å². The van der Waals surface area contributed by atoms with E-state index in [1.54, 1.807) is 6.66 Å². The number of rotatable bonds is 2. The van der Waals surface area contributed by atoms with Crippen LogP contribution in [-0.4, -0.2) is 64.5 Å². The third kappa shape index (κ3) is 3.40. The van der Waals surface area contributed by atoms with E-state index in [9.17, 15) is 9.67 Å². The Morgan fingerprint density at radius 2 is 2.00 bits per heavy atom. The molecule has 0 aromatic carbocycles. The Labute approximate surface area is 136 Å². The van der Waals surface area contributed by atoms with E-state index in [0.717, 1.165) is 0 Å². The molecule has 5 atom stereocenters.